The number of carboxylic acid groups (broad SMARTS) is 1. The van der Waals surface area contributed by atoms with Crippen molar-refractivity contribution in [2.24, 2.45) is 5.73 Å². The summed E-state index contributed by atoms with van der Waals surface area (Å²) in [6.45, 7) is 4.16. The molecule has 4 rings (SSSR count). The average Bonchev–Trinajstić information content (AvgIpc) is 3.35. The zero-order valence-corrected chi connectivity index (χ0v) is 23.0. The summed E-state index contributed by atoms with van der Waals surface area (Å²) in [6.07, 6.45) is -1.33. The molecule has 1 unspecified atom stereocenters. The van der Waals surface area contributed by atoms with E-state index in [1.165, 1.54) is 25.6 Å². The Morgan fingerprint density at radius 2 is 1.79 bits per heavy atom. The Hall–Kier alpha value is -5.48. The number of methoxy groups -OCH3 is 1. The number of aryl methyl sites for hydroxylation is 1. The van der Waals surface area contributed by atoms with E-state index in [0.717, 1.165) is 16.6 Å². The van der Waals surface area contributed by atoms with Crippen LogP contribution in [0.15, 0.2) is 59.7 Å². The van der Waals surface area contributed by atoms with Gasteiger partial charge in [0.25, 0.3) is 5.95 Å². The molecule has 230 valence electrons. The number of hydrogen-bond acceptors (Lipinski definition) is 9. The SMILES string of the molecule is CCOc1cc(C(Nc2ccc(C)cc2)c2nn(-c3ncccn3)c(=O)[nH]2)c(F)cc1OC.N=CN.O=C(O)C(F)(F)F. The third-order valence-corrected chi connectivity index (χ3v) is 5.15. The molecule has 6 N–H and O–H groups in total. The number of nitrogens with zero attached hydrogens (tertiary/aromatic N) is 4. The molecular formula is C26H28F4N8O5. The fraction of sp³-hybridized carbons (Fsp3) is 0.231. The fourth-order valence-electron chi connectivity index (χ4n) is 3.32. The molecule has 13 nitrogen and oxygen atoms in total. The standard InChI is InChI=1S/C23H23FN6O3.C2HF3O2.CH4N2/c1-4-33-19-12-16(17(24)13-18(19)32-3)20(27-15-8-6-14(2)7-9-15)21-28-23(31)30(29-21)22-25-10-5-11-26-22;3-2(4,5)1(6)7;2-1-3/h5-13,20,27H,4H2,1-3H3,(H,28,29,31);(H,6,7);1H,(H3,2,3). The van der Waals surface area contributed by atoms with Crippen molar-refractivity contribution in [1.29, 1.82) is 5.41 Å². The number of aromatic nitrogens is 5. The number of carboxylic acids is 1. The highest BCUT2D eigenvalue weighted by molar-refractivity contribution is 5.73. The van der Waals surface area contributed by atoms with E-state index in [9.17, 15) is 18.0 Å². The van der Waals surface area contributed by atoms with Crippen LogP contribution in [0.4, 0.5) is 23.2 Å². The van der Waals surface area contributed by atoms with Crippen LogP contribution in [0.5, 0.6) is 11.5 Å². The van der Waals surface area contributed by atoms with Gasteiger partial charge >= 0.3 is 17.8 Å². The third-order valence-electron chi connectivity index (χ3n) is 5.15. The van der Waals surface area contributed by atoms with E-state index in [0.29, 0.717) is 18.0 Å². The molecule has 43 heavy (non-hydrogen) atoms. The predicted molar refractivity (Wildman–Crippen MR) is 147 cm³/mol. The van der Waals surface area contributed by atoms with Crippen LogP contribution in [0.25, 0.3) is 5.95 Å². The Morgan fingerprint density at radius 3 is 2.30 bits per heavy atom. The van der Waals surface area contributed by atoms with Crippen molar-refractivity contribution in [2.45, 2.75) is 26.1 Å². The van der Waals surface area contributed by atoms with Gasteiger partial charge in [-0.2, -0.15) is 13.2 Å². The second-order valence-electron chi connectivity index (χ2n) is 8.15. The van der Waals surface area contributed by atoms with E-state index >= 15 is 4.39 Å². The minimum Gasteiger partial charge on any atom is -0.493 e. The molecule has 0 saturated heterocycles. The summed E-state index contributed by atoms with van der Waals surface area (Å²) in [7, 11) is 1.44. The quantitative estimate of drug-likeness (QED) is 0.112. The number of rotatable bonds is 8. The normalized spacial score (nSPS) is 11.1. The van der Waals surface area contributed by atoms with Gasteiger partial charge in [-0.05, 0) is 38.1 Å². The number of ether oxygens (including phenoxy) is 2. The smallest absolute Gasteiger partial charge is 0.490 e. The number of hydrogen-bond donors (Lipinski definition) is 5. The van der Waals surface area contributed by atoms with Gasteiger partial charge in [-0.15, -0.1) is 9.78 Å². The molecular weight excluding hydrogens is 580 g/mol. The molecule has 1 atom stereocenters. The van der Waals surface area contributed by atoms with Crippen LogP contribution >= 0.6 is 0 Å². The highest BCUT2D eigenvalue weighted by Crippen LogP contribution is 2.35. The number of H-pyrrole nitrogens is 1. The average molecular weight is 609 g/mol. The Kier molecular flexibility index (Phi) is 12.2. The predicted octanol–water partition coefficient (Wildman–Crippen LogP) is 3.59. The van der Waals surface area contributed by atoms with Crippen molar-refractivity contribution >= 4 is 18.0 Å². The van der Waals surface area contributed by atoms with Gasteiger partial charge < -0.3 is 25.6 Å². The number of benzene rings is 2. The van der Waals surface area contributed by atoms with Crippen LogP contribution in [0.1, 0.15) is 29.9 Å². The molecule has 0 radical (unpaired) electrons. The maximum atomic E-state index is 15.3. The van der Waals surface area contributed by atoms with Crippen molar-refractivity contribution in [1.82, 2.24) is 24.7 Å². The molecule has 0 fully saturated rings. The van der Waals surface area contributed by atoms with Gasteiger partial charge in [0.1, 0.15) is 11.9 Å². The zero-order valence-electron chi connectivity index (χ0n) is 23.0. The first-order valence-corrected chi connectivity index (χ1v) is 12.2. The van der Waals surface area contributed by atoms with Crippen LogP contribution in [0.2, 0.25) is 0 Å². The number of carbonyl (C=O) groups is 1. The van der Waals surface area contributed by atoms with E-state index in [2.05, 4.69) is 31.1 Å². The van der Waals surface area contributed by atoms with Crippen LogP contribution in [-0.4, -0.2) is 62.0 Å². The molecule has 0 aliphatic carbocycles. The third kappa shape index (κ3) is 9.55. The lowest BCUT2D eigenvalue weighted by molar-refractivity contribution is -0.192. The van der Waals surface area contributed by atoms with Crippen molar-refractivity contribution in [2.75, 3.05) is 19.0 Å². The number of aromatic amines is 1. The molecule has 2 aromatic heterocycles. The number of alkyl halides is 3. The maximum Gasteiger partial charge on any atom is 0.490 e. The number of halogens is 4. The van der Waals surface area contributed by atoms with Crippen LogP contribution < -0.4 is 26.2 Å². The van der Waals surface area contributed by atoms with E-state index in [1.807, 2.05) is 38.1 Å². The van der Waals surface area contributed by atoms with E-state index in [4.69, 9.17) is 24.8 Å². The molecule has 0 bridgehead atoms. The minimum atomic E-state index is -5.08. The van der Waals surface area contributed by atoms with Gasteiger partial charge in [-0.3, -0.25) is 10.4 Å². The number of nitrogens with one attached hydrogen (secondary N) is 3. The van der Waals surface area contributed by atoms with Gasteiger partial charge in [0.05, 0.1) is 20.1 Å². The van der Waals surface area contributed by atoms with Crippen molar-refractivity contribution in [3.05, 3.63) is 88.1 Å². The van der Waals surface area contributed by atoms with E-state index in [1.54, 1.807) is 12.1 Å². The first-order chi connectivity index (χ1) is 20.4. The lowest BCUT2D eigenvalue weighted by atomic mass is 10.0. The van der Waals surface area contributed by atoms with Crippen molar-refractivity contribution in [3.8, 4) is 17.4 Å². The van der Waals surface area contributed by atoms with Gasteiger partial charge in [0.2, 0.25) is 0 Å². The minimum absolute atomic E-state index is 0.101. The number of nitrogens with two attached hydrogens (primary N) is 1. The van der Waals surface area contributed by atoms with E-state index in [-0.39, 0.29) is 23.1 Å². The summed E-state index contributed by atoms with van der Waals surface area (Å²) < 4.78 is 58.9. The highest BCUT2D eigenvalue weighted by atomic mass is 19.4. The molecule has 0 spiro atoms. The Labute approximate surface area is 241 Å². The fourth-order valence-corrected chi connectivity index (χ4v) is 3.32. The lowest BCUT2D eigenvalue weighted by Crippen LogP contribution is -2.21. The number of anilines is 1. The summed E-state index contributed by atoms with van der Waals surface area (Å²) in [5.41, 5.74) is 5.84. The largest absolute Gasteiger partial charge is 0.493 e. The second kappa shape index (κ2) is 15.5. The van der Waals surface area contributed by atoms with Gasteiger partial charge in [0, 0.05) is 29.7 Å². The molecule has 2 heterocycles. The molecule has 0 saturated carbocycles. The summed E-state index contributed by atoms with van der Waals surface area (Å²) in [6, 6.07) is 11.1. The molecule has 0 aliphatic rings. The summed E-state index contributed by atoms with van der Waals surface area (Å²) in [5.74, 6) is -2.38. The molecule has 0 amide bonds. The number of aliphatic carboxylic acids is 1. The topological polar surface area (TPSA) is 194 Å². The van der Waals surface area contributed by atoms with Crippen molar-refractivity contribution < 1.29 is 36.9 Å². The van der Waals surface area contributed by atoms with Crippen LogP contribution in [0, 0.1) is 18.2 Å². The molecule has 0 aliphatic heterocycles. The summed E-state index contributed by atoms with van der Waals surface area (Å²) in [5, 5.41) is 20.6. The Balaban J connectivity index is 0.000000560. The Morgan fingerprint density at radius 1 is 1.21 bits per heavy atom. The second-order valence-corrected chi connectivity index (χ2v) is 8.15. The van der Waals surface area contributed by atoms with Gasteiger partial charge in [-0.1, -0.05) is 17.7 Å². The summed E-state index contributed by atoms with van der Waals surface area (Å²) >= 11 is 0. The highest BCUT2D eigenvalue weighted by Gasteiger charge is 2.38. The van der Waals surface area contributed by atoms with E-state index < -0.39 is 29.7 Å². The Bertz CT molecular complexity index is 1540. The van der Waals surface area contributed by atoms with Crippen LogP contribution in [-0.2, 0) is 4.79 Å². The molecule has 17 heteroatoms. The first-order valence-electron chi connectivity index (χ1n) is 12.2. The lowest BCUT2D eigenvalue weighted by Gasteiger charge is -2.21. The molecule has 2 aromatic carbocycles. The maximum absolute atomic E-state index is 15.3. The van der Waals surface area contributed by atoms with Crippen molar-refractivity contribution in [3.63, 3.8) is 0 Å². The van der Waals surface area contributed by atoms with Gasteiger partial charge in [-0.25, -0.2) is 23.9 Å². The first kappa shape index (κ1) is 33.7. The van der Waals surface area contributed by atoms with Gasteiger partial charge in [0.15, 0.2) is 17.3 Å². The monoisotopic (exact) mass is 608 g/mol. The van der Waals surface area contributed by atoms with Crippen LogP contribution in [0.3, 0.4) is 0 Å². The summed E-state index contributed by atoms with van der Waals surface area (Å²) in [4.78, 5) is 32.4. The molecule has 4 aromatic rings. The zero-order chi connectivity index (χ0) is 32.2.